The normalized spacial score (nSPS) is 12.0. The summed E-state index contributed by atoms with van der Waals surface area (Å²) >= 11 is 1.94. The van der Waals surface area contributed by atoms with Gasteiger partial charge in [-0.3, -0.25) is 0 Å². The Morgan fingerprint density at radius 1 is 0.247 bits per heavy atom. The highest BCUT2D eigenvalue weighted by Gasteiger charge is 2.43. The molecule has 0 N–H and O–H groups in total. The Labute approximate surface area is 498 Å². The Morgan fingerprint density at radius 3 is 1.42 bits per heavy atom. The standard InChI is InChI=1S/C82H53NSSi/c1-3-24-67(25-4-1)85(68-26-5-2-6-27-68,69-28-16-23-66(53-69)83-78-33-13-11-30-72(78)73-31-12-14-34-79(73)83)81-35-17-32-74-77-51-63(43-45-80(77)84-82(74)81)62-42-44-71-75(52-65-20-9-10-29-70(65)76(71)50-62)64-22-15-21-56(49-64)57-38-39-61-48-60(41-40-59(61)47-57)58-37-36-54-18-7-8-19-55(54)46-58/h1-53H. The van der Waals surface area contributed by atoms with Crippen molar-refractivity contribution in [3.05, 3.63) is 322 Å². The summed E-state index contributed by atoms with van der Waals surface area (Å²) in [6.45, 7) is 0. The molecule has 0 spiro atoms. The van der Waals surface area contributed by atoms with E-state index in [1.165, 1.54) is 156 Å². The molecule has 15 aromatic carbocycles. The number of benzene rings is 15. The second kappa shape index (κ2) is 19.9. The van der Waals surface area contributed by atoms with Gasteiger partial charge in [-0.15, -0.1) is 11.3 Å². The predicted molar refractivity (Wildman–Crippen MR) is 369 cm³/mol. The van der Waals surface area contributed by atoms with Crippen LogP contribution in [0, 0.1) is 0 Å². The van der Waals surface area contributed by atoms with E-state index >= 15 is 0 Å². The number of hydrogen-bond acceptors (Lipinski definition) is 1. The Kier molecular flexibility index (Phi) is 11.5. The fraction of sp³-hybridized carbons (Fsp3) is 0. The van der Waals surface area contributed by atoms with E-state index in [9.17, 15) is 0 Å². The average Bonchev–Trinajstić information content (AvgIpc) is 2.13. The van der Waals surface area contributed by atoms with Crippen LogP contribution in [0.2, 0.25) is 0 Å². The van der Waals surface area contributed by atoms with Crippen LogP contribution in [0.3, 0.4) is 0 Å². The zero-order valence-corrected chi connectivity index (χ0v) is 48.3. The molecule has 0 aliphatic rings. The van der Waals surface area contributed by atoms with Gasteiger partial charge in [-0.1, -0.05) is 249 Å². The number of thiophene rings is 1. The van der Waals surface area contributed by atoms with Gasteiger partial charge in [0.05, 0.1) is 11.0 Å². The van der Waals surface area contributed by atoms with Gasteiger partial charge in [0, 0.05) is 36.6 Å². The van der Waals surface area contributed by atoms with Crippen LogP contribution in [-0.2, 0) is 0 Å². The van der Waals surface area contributed by atoms with Gasteiger partial charge in [-0.2, -0.15) is 0 Å². The van der Waals surface area contributed by atoms with Crippen LogP contribution in [-0.4, -0.2) is 12.6 Å². The summed E-state index contributed by atoms with van der Waals surface area (Å²) < 4.78 is 5.11. The minimum absolute atomic E-state index is 1.17. The van der Waals surface area contributed by atoms with Crippen molar-refractivity contribution in [2.75, 3.05) is 0 Å². The molecule has 0 aliphatic carbocycles. The van der Waals surface area contributed by atoms with Crippen molar-refractivity contribution in [3.63, 3.8) is 0 Å². The van der Waals surface area contributed by atoms with Crippen molar-refractivity contribution in [2.45, 2.75) is 0 Å². The minimum Gasteiger partial charge on any atom is -0.309 e. The molecule has 17 aromatic rings. The maximum Gasteiger partial charge on any atom is 0.181 e. The molecule has 3 heteroatoms. The summed E-state index contributed by atoms with van der Waals surface area (Å²) in [6, 6.07) is 121. The number of fused-ring (bicyclic) bond motifs is 11. The van der Waals surface area contributed by atoms with Gasteiger partial charge in [0.1, 0.15) is 0 Å². The van der Waals surface area contributed by atoms with E-state index in [4.69, 9.17) is 0 Å². The first-order valence-electron chi connectivity index (χ1n) is 29.4. The second-order valence-corrected chi connectivity index (χ2v) is 27.5. The lowest BCUT2D eigenvalue weighted by atomic mass is 9.89. The number of para-hydroxylation sites is 2. The van der Waals surface area contributed by atoms with E-state index in [0.29, 0.717) is 0 Å². The summed E-state index contributed by atoms with van der Waals surface area (Å²) in [4.78, 5) is 0. The molecule has 0 aliphatic heterocycles. The topological polar surface area (TPSA) is 4.93 Å². The molecular weight excluding hydrogens is 1060 g/mol. The highest BCUT2D eigenvalue weighted by molar-refractivity contribution is 7.30. The molecule has 0 fully saturated rings. The molecule has 2 heterocycles. The van der Waals surface area contributed by atoms with Gasteiger partial charge in [-0.05, 0) is 181 Å². The molecule has 396 valence electrons. The number of hydrogen-bond donors (Lipinski definition) is 0. The lowest BCUT2D eigenvalue weighted by Crippen LogP contribution is -2.74. The molecule has 17 rings (SSSR count). The minimum atomic E-state index is -3.03. The summed E-state index contributed by atoms with van der Waals surface area (Å²) in [5, 5.41) is 20.6. The summed E-state index contributed by atoms with van der Waals surface area (Å²) in [5.41, 5.74) is 13.3. The van der Waals surface area contributed by atoms with Crippen LogP contribution in [0.15, 0.2) is 322 Å². The second-order valence-electron chi connectivity index (χ2n) is 22.7. The van der Waals surface area contributed by atoms with Gasteiger partial charge in [0.15, 0.2) is 8.07 Å². The molecule has 0 bridgehead atoms. The zero-order valence-electron chi connectivity index (χ0n) is 46.5. The molecule has 0 atom stereocenters. The van der Waals surface area contributed by atoms with E-state index < -0.39 is 8.07 Å². The summed E-state index contributed by atoms with van der Waals surface area (Å²) in [7, 11) is -3.03. The van der Waals surface area contributed by atoms with Crippen LogP contribution in [0.25, 0.3) is 135 Å². The van der Waals surface area contributed by atoms with E-state index in [-0.39, 0.29) is 0 Å². The first-order valence-corrected chi connectivity index (χ1v) is 32.2. The molecule has 0 radical (unpaired) electrons. The van der Waals surface area contributed by atoms with Crippen molar-refractivity contribution < 1.29 is 0 Å². The van der Waals surface area contributed by atoms with Crippen molar-refractivity contribution in [1.82, 2.24) is 4.57 Å². The van der Waals surface area contributed by atoms with Crippen molar-refractivity contribution in [3.8, 4) is 50.2 Å². The third kappa shape index (κ3) is 8.04. The van der Waals surface area contributed by atoms with Crippen LogP contribution < -0.4 is 20.7 Å². The van der Waals surface area contributed by atoms with Crippen LogP contribution in [0.4, 0.5) is 0 Å². The maximum absolute atomic E-state index is 3.03. The first kappa shape index (κ1) is 49.2. The number of aromatic nitrogens is 1. The van der Waals surface area contributed by atoms with Gasteiger partial charge < -0.3 is 4.57 Å². The van der Waals surface area contributed by atoms with Crippen LogP contribution in [0.5, 0.6) is 0 Å². The third-order valence-corrected chi connectivity index (χ3v) is 24.3. The monoisotopic (exact) mass is 1110 g/mol. The Balaban J connectivity index is 0.775. The Morgan fingerprint density at radius 2 is 0.729 bits per heavy atom. The van der Waals surface area contributed by atoms with E-state index in [2.05, 4.69) is 326 Å². The van der Waals surface area contributed by atoms with Gasteiger partial charge >= 0.3 is 0 Å². The molecule has 1 nitrogen and oxygen atoms in total. The lowest BCUT2D eigenvalue weighted by Gasteiger charge is -2.35. The highest BCUT2D eigenvalue weighted by atomic mass is 32.1. The molecule has 0 saturated carbocycles. The van der Waals surface area contributed by atoms with Gasteiger partial charge in [-0.25, -0.2) is 0 Å². The van der Waals surface area contributed by atoms with Gasteiger partial charge in [0.2, 0.25) is 0 Å². The van der Waals surface area contributed by atoms with Crippen molar-refractivity contribution >= 4 is 125 Å². The molecule has 0 saturated heterocycles. The molecule has 0 amide bonds. The lowest BCUT2D eigenvalue weighted by molar-refractivity contribution is 1.18. The predicted octanol–water partition coefficient (Wildman–Crippen LogP) is 19.8. The molecule has 0 unspecified atom stereocenters. The molecule has 85 heavy (non-hydrogen) atoms. The van der Waals surface area contributed by atoms with Crippen LogP contribution >= 0.6 is 11.3 Å². The van der Waals surface area contributed by atoms with Crippen LogP contribution in [0.1, 0.15) is 0 Å². The SMILES string of the molecule is c1ccc([Si](c2ccccc2)(c2cccc(-n3c4ccccc4c4ccccc43)c2)c2cccc3c2sc2ccc(-c4ccc5c(-c6cccc(-c7ccc8cc(-c9ccc%10ccccc%10c9)ccc8c7)c6)cc6ccccc6c5c4)cc23)cc1. The van der Waals surface area contributed by atoms with Crippen molar-refractivity contribution in [2.24, 2.45) is 0 Å². The van der Waals surface area contributed by atoms with E-state index in [0.717, 1.165) is 0 Å². The zero-order chi connectivity index (χ0) is 56.0. The fourth-order valence-electron chi connectivity index (χ4n) is 14.1. The first-order chi connectivity index (χ1) is 42.1. The van der Waals surface area contributed by atoms with Gasteiger partial charge in [0.25, 0.3) is 0 Å². The maximum atomic E-state index is 2.51. The Bertz CT molecular complexity index is 5410. The number of nitrogens with zero attached hydrogens (tertiary/aromatic N) is 1. The molecular formula is C82H53NSSi. The third-order valence-electron chi connectivity index (χ3n) is 18.1. The summed E-state index contributed by atoms with van der Waals surface area (Å²) in [6.07, 6.45) is 0. The number of rotatable bonds is 9. The fourth-order valence-corrected chi connectivity index (χ4v) is 20.6. The molecule has 2 aromatic heterocycles. The van der Waals surface area contributed by atoms with E-state index in [1.54, 1.807) is 0 Å². The van der Waals surface area contributed by atoms with Crippen molar-refractivity contribution in [1.29, 1.82) is 0 Å². The Hall–Kier alpha value is -10.4. The smallest absolute Gasteiger partial charge is 0.181 e. The average molecular weight is 1110 g/mol. The highest BCUT2D eigenvalue weighted by Crippen LogP contribution is 2.42. The van der Waals surface area contributed by atoms with E-state index in [1.807, 2.05) is 11.3 Å². The largest absolute Gasteiger partial charge is 0.309 e. The summed E-state index contributed by atoms with van der Waals surface area (Å²) in [5.74, 6) is 0. The quantitative estimate of drug-likeness (QED) is 0.0771.